The molecule has 0 fully saturated rings. The van der Waals surface area contributed by atoms with Crippen LogP contribution >= 0.6 is 0 Å². The van der Waals surface area contributed by atoms with Gasteiger partial charge in [0.1, 0.15) is 17.3 Å². The van der Waals surface area contributed by atoms with Crippen LogP contribution in [0.2, 0.25) is 0 Å². The van der Waals surface area contributed by atoms with Gasteiger partial charge in [0, 0.05) is 13.1 Å². The molecular weight excluding hydrogens is 515 g/mol. The normalized spacial score (nSPS) is 11.8. The number of carbonyl (C=O) groups is 1. The molecule has 1 amide bonds. The van der Waals surface area contributed by atoms with E-state index in [4.69, 9.17) is 9.15 Å². The summed E-state index contributed by atoms with van der Waals surface area (Å²) in [5.41, 5.74) is 4.10. The van der Waals surface area contributed by atoms with Crippen molar-refractivity contribution >= 4 is 5.91 Å². The molecule has 6 heteroatoms. The van der Waals surface area contributed by atoms with Crippen molar-refractivity contribution < 1.29 is 18.3 Å². The molecule has 5 nitrogen and oxygen atoms in total. The van der Waals surface area contributed by atoms with Crippen LogP contribution in [0, 0.1) is 5.82 Å². The van der Waals surface area contributed by atoms with Crippen LogP contribution in [0.15, 0.2) is 126 Å². The second-order valence-corrected chi connectivity index (χ2v) is 10.0. The Labute approximate surface area is 240 Å². The number of carbonyl (C=O) groups excluding carboxylic acids is 1. The van der Waals surface area contributed by atoms with Crippen molar-refractivity contribution in [3.63, 3.8) is 0 Å². The van der Waals surface area contributed by atoms with Crippen molar-refractivity contribution in [2.24, 2.45) is 0 Å². The van der Waals surface area contributed by atoms with Crippen LogP contribution in [0.3, 0.4) is 0 Å². The van der Waals surface area contributed by atoms with E-state index in [-0.39, 0.29) is 23.5 Å². The number of halogens is 1. The number of nitrogens with one attached hydrogen (secondary N) is 1. The molecule has 0 saturated heterocycles. The number of amides is 1. The summed E-state index contributed by atoms with van der Waals surface area (Å²) in [6.45, 7) is 1.57. The average molecular weight is 549 g/mol. The summed E-state index contributed by atoms with van der Waals surface area (Å²) in [7, 11) is 1.64. The van der Waals surface area contributed by atoms with E-state index >= 15 is 0 Å². The van der Waals surface area contributed by atoms with Crippen LogP contribution in [0.1, 0.15) is 44.6 Å². The SMILES string of the molecule is COc1ccc(CN(Cc2cccc(F)c2)Cc2ccc(C(=O)NC(Cc3ccccc3)c3ccccc3)o2)cc1. The number of rotatable bonds is 12. The fourth-order valence-electron chi connectivity index (χ4n) is 4.87. The molecule has 1 atom stereocenters. The van der Waals surface area contributed by atoms with Crippen LogP contribution in [0.4, 0.5) is 4.39 Å². The number of ether oxygens (including phenoxy) is 1. The van der Waals surface area contributed by atoms with Crippen molar-refractivity contribution in [2.45, 2.75) is 32.1 Å². The topological polar surface area (TPSA) is 54.7 Å². The zero-order chi connectivity index (χ0) is 28.4. The third-order valence-corrected chi connectivity index (χ3v) is 6.92. The van der Waals surface area contributed by atoms with Crippen molar-refractivity contribution in [3.05, 3.63) is 161 Å². The lowest BCUT2D eigenvalue weighted by Gasteiger charge is -2.22. The van der Waals surface area contributed by atoms with Crippen LogP contribution in [-0.2, 0) is 26.1 Å². The minimum absolute atomic E-state index is 0.209. The summed E-state index contributed by atoms with van der Waals surface area (Å²) in [5, 5.41) is 3.16. The second kappa shape index (κ2) is 13.6. The molecule has 208 valence electrons. The maximum absolute atomic E-state index is 13.9. The Bertz CT molecular complexity index is 1540. The van der Waals surface area contributed by atoms with Crippen LogP contribution in [0.25, 0.3) is 0 Å². The Morgan fingerprint density at radius 2 is 1.46 bits per heavy atom. The Kier molecular flexibility index (Phi) is 9.24. The molecule has 0 aliphatic carbocycles. The van der Waals surface area contributed by atoms with Gasteiger partial charge in [-0.1, -0.05) is 84.9 Å². The highest BCUT2D eigenvalue weighted by Crippen LogP contribution is 2.22. The first-order valence-corrected chi connectivity index (χ1v) is 13.6. The summed E-state index contributed by atoms with van der Waals surface area (Å²) in [6, 6.07) is 37.8. The van der Waals surface area contributed by atoms with E-state index < -0.39 is 0 Å². The average Bonchev–Trinajstić information content (AvgIpc) is 3.47. The molecule has 4 aromatic carbocycles. The van der Waals surface area contributed by atoms with Gasteiger partial charge in [-0.25, -0.2) is 4.39 Å². The summed E-state index contributed by atoms with van der Waals surface area (Å²) in [5.74, 6) is 1.15. The van der Waals surface area contributed by atoms with E-state index in [2.05, 4.69) is 22.3 Å². The lowest BCUT2D eigenvalue weighted by Crippen LogP contribution is -2.29. The third-order valence-electron chi connectivity index (χ3n) is 6.92. The lowest BCUT2D eigenvalue weighted by molar-refractivity contribution is 0.0904. The van der Waals surface area contributed by atoms with Crippen molar-refractivity contribution in [1.29, 1.82) is 0 Å². The minimum atomic E-state index is -0.271. The molecule has 1 heterocycles. The Morgan fingerprint density at radius 3 is 2.17 bits per heavy atom. The number of furan rings is 1. The van der Waals surface area contributed by atoms with Gasteiger partial charge in [-0.15, -0.1) is 0 Å². The van der Waals surface area contributed by atoms with E-state index in [1.165, 1.54) is 6.07 Å². The predicted molar refractivity (Wildman–Crippen MR) is 158 cm³/mol. The van der Waals surface area contributed by atoms with E-state index in [1.807, 2.05) is 84.9 Å². The zero-order valence-electron chi connectivity index (χ0n) is 23.0. The monoisotopic (exact) mass is 548 g/mol. The first kappa shape index (κ1) is 27.9. The second-order valence-electron chi connectivity index (χ2n) is 10.0. The molecule has 0 aliphatic rings. The molecule has 1 unspecified atom stereocenters. The van der Waals surface area contributed by atoms with Gasteiger partial charge in [0.25, 0.3) is 5.91 Å². The minimum Gasteiger partial charge on any atom is -0.497 e. The van der Waals surface area contributed by atoms with Gasteiger partial charge in [0.05, 0.1) is 19.7 Å². The van der Waals surface area contributed by atoms with Gasteiger partial charge in [-0.05, 0) is 65.1 Å². The van der Waals surface area contributed by atoms with Gasteiger partial charge in [0.2, 0.25) is 0 Å². The van der Waals surface area contributed by atoms with Crippen molar-refractivity contribution in [2.75, 3.05) is 7.11 Å². The molecule has 1 aromatic heterocycles. The maximum atomic E-state index is 13.9. The molecule has 0 bridgehead atoms. The molecule has 5 rings (SSSR count). The van der Waals surface area contributed by atoms with Crippen LogP contribution in [-0.4, -0.2) is 17.9 Å². The number of hydrogen-bond donors (Lipinski definition) is 1. The van der Waals surface area contributed by atoms with E-state index in [0.29, 0.717) is 31.8 Å². The third kappa shape index (κ3) is 7.93. The van der Waals surface area contributed by atoms with Gasteiger partial charge in [-0.3, -0.25) is 9.69 Å². The predicted octanol–water partition coefficient (Wildman–Crippen LogP) is 7.34. The number of methoxy groups -OCH3 is 1. The molecular formula is C35H33FN2O3. The molecule has 0 radical (unpaired) electrons. The lowest BCUT2D eigenvalue weighted by atomic mass is 9.99. The number of hydrogen-bond acceptors (Lipinski definition) is 4. The highest BCUT2D eigenvalue weighted by Gasteiger charge is 2.20. The fraction of sp³-hybridized carbons (Fsp3) is 0.171. The molecule has 41 heavy (non-hydrogen) atoms. The highest BCUT2D eigenvalue weighted by molar-refractivity contribution is 5.91. The quantitative estimate of drug-likeness (QED) is 0.177. The Morgan fingerprint density at radius 1 is 0.780 bits per heavy atom. The first-order chi connectivity index (χ1) is 20.1. The molecule has 1 N–H and O–H groups in total. The largest absolute Gasteiger partial charge is 0.497 e. The van der Waals surface area contributed by atoms with Crippen molar-refractivity contribution in [1.82, 2.24) is 10.2 Å². The molecule has 0 spiro atoms. The van der Waals surface area contributed by atoms with Gasteiger partial charge in [-0.2, -0.15) is 0 Å². The summed E-state index contributed by atoms with van der Waals surface area (Å²) < 4.78 is 25.3. The summed E-state index contributed by atoms with van der Waals surface area (Å²) >= 11 is 0. The standard InChI is InChI=1S/C35H33FN2O3/c1-40-31-17-15-27(16-18-31)23-38(24-28-11-8-14-30(36)21-28)25-32-19-20-34(41-32)35(39)37-33(29-12-6-3-7-13-29)22-26-9-4-2-5-10-26/h2-21,33H,22-25H2,1H3,(H,37,39). The van der Waals surface area contributed by atoms with Crippen LogP contribution in [0.5, 0.6) is 5.75 Å². The van der Waals surface area contributed by atoms with Gasteiger partial charge < -0.3 is 14.5 Å². The summed E-state index contributed by atoms with van der Waals surface area (Å²) in [6.07, 6.45) is 0.660. The smallest absolute Gasteiger partial charge is 0.287 e. The number of nitrogens with zero attached hydrogens (tertiary/aromatic N) is 1. The van der Waals surface area contributed by atoms with Gasteiger partial charge in [0.15, 0.2) is 5.76 Å². The van der Waals surface area contributed by atoms with Gasteiger partial charge >= 0.3 is 0 Å². The fourth-order valence-corrected chi connectivity index (χ4v) is 4.87. The van der Waals surface area contributed by atoms with E-state index in [1.54, 1.807) is 25.3 Å². The van der Waals surface area contributed by atoms with E-state index in [9.17, 15) is 9.18 Å². The Balaban J connectivity index is 1.31. The van der Waals surface area contributed by atoms with E-state index in [0.717, 1.165) is 28.0 Å². The number of benzene rings is 4. The summed E-state index contributed by atoms with van der Waals surface area (Å²) in [4.78, 5) is 15.5. The first-order valence-electron chi connectivity index (χ1n) is 13.6. The molecule has 5 aromatic rings. The molecule has 0 aliphatic heterocycles. The zero-order valence-corrected chi connectivity index (χ0v) is 23.0. The highest BCUT2D eigenvalue weighted by atomic mass is 19.1. The van der Waals surface area contributed by atoms with Crippen LogP contribution < -0.4 is 10.1 Å². The Hall–Kier alpha value is -4.68. The molecule has 0 saturated carbocycles. The maximum Gasteiger partial charge on any atom is 0.287 e. The van der Waals surface area contributed by atoms with Crippen molar-refractivity contribution in [3.8, 4) is 5.75 Å².